The molecule has 1 aliphatic rings. The number of hydrogen-bond donors (Lipinski definition) is 3. The van der Waals surface area contributed by atoms with Crippen molar-refractivity contribution in [2.75, 3.05) is 58.6 Å². The maximum Gasteiger partial charge on any atom is 0.145 e. The van der Waals surface area contributed by atoms with E-state index in [0.29, 0.717) is 39.0 Å². The van der Waals surface area contributed by atoms with E-state index in [9.17, 15) is 0 Å². The van der Waals surface area contributed by atoms with Crippen molar-refractivity contribution < 1.29 is 19.3 Å². The highest BCUT2D eigenvalue weighted by Crippen LogP contribution is 2.12. The van der Waals surface area contributed by atoms with E-state index in [-0.39, 0.29) is 0 Å². The number of hydrogen-bond acceptors (Lipinski definition) is 8. The molecule has 8 heteroatoms. The van der Waals surface area contributed by atoms with Crippen LogP contribution in [0.4, 0.5) is 5.82 Å². The van der Waals surface area contributed by atoms with E-state index < -0.39 is 0 Å². The summed E-state index contributed by atoms with van der Waals surface area (Å²) in [6.07, 6.45) is 7.56. The van der Waals surface area contributed by atoms with Gasteiger partial charge in [0.2, 0.25) is 0 Å². The maximum absolute atomic E-state index is 7.00. The van der Waals surface area contributed by atoms with Gasteiger partial charge in [-0.1, -0.05) is 0 Å². The number of ether oxygens (including phenoxy) is 3. The largest absolute Gasteiger partial charge is 0.400 e. The van der Waals surface area contributed by atoms with Crippen molar-refractivity contribution >= 4 is 5.82 Å². The Bertz CT molecular complexity index is 431. The molecule has 0 saturated carbocycles. The van der Waals surface area contributed by atoms with Crippen molar-refractivity contribution in [1.29, 1.82) is 0 Å². The highest BCUT2D eigenvalue weighted by molar-refractivity contribution is 5.33. The number of anilines is 1. The summed E-state index contributed by atoms with van der Waals surface area (Å²) in [5.74, 6) is 0.828. The Morgan fingerprint density at radius 1 is 1.24 bits per heavy atom. The lowest BCUT2D eigenvalue weighted by molar-refractivity contribution is 0.0498. The van der Waals surface area contributed by atoms with Crippen LogP contribution in [0.25, 0.3) is 0 Å². The molecule has 2 rings (SSSR count). The first-order chi connectivity index (χ1) is 12.4. The molecule has 0 radical (unpaired) electrons. The minimum Gasteiger partial charge on any atom is -0.400 e. The third-order valence-corrected chi connectivity index (χ3v) is 3.55. The summed E-state index contributed by atoms with van der Waals surface area (Å²) in [4.78, 5) is 8.86. The number of aliphatic hydroxyl groups is 1. The molecule has 1 fully saturated rings. The summed E-state index contributed by atoms with van der Waals surface area (Å²) in [5.41, 5.74) is 6.32. The standard InChI is InChI=1S/C16H28N4O3.CH4O/c17-5-8-22-10-9-21-6-1-3-14-11-18-12-16(19-14)20-15-4-2-7-23-13-15;1-2/h11-12,15H,1-10,13,17H2,(H,19,20);2H,1H3. The molecular weight excluding hydrogens is 324 g/mol. The fraction of sp³-hybridized carbons (Fsp3) is 0.765. The molecule has 144 valence electrons. The van der Waals surface area contributed by atoms with Crippen LogP contribution in [0.3, 0.4) is 0 Å². The average molecular weight is 356 g/mol. The van der Waals surface area contributed by atoms with Gasteiger partial charge in [-0.05, 0) is 25.7 Å². The van der Waals surface area contributed by atoms with E-state index in [0.717, 1.165) is 57.5 Å². The van der Waals surface area contributed by atoms with Gasteiger partial charge in [0.1, 0.15) is 5.82 Å². The van der Waals surface area contributed by atoms with E-state index in [2.05, 4.69) is 15.3 Å². The van der Waals surface area contributed by atoms with Crippen molar-refractivity contribution in [2.24, 2.45) is 5.73 Å². The second kappa shape index (κ2) is 15.0. The molecule has 8 nitrogen and oxygen atoms in total. The molecule has 0 aliphatic carbocycles. The van der Waals surface area contributed by atoms with E-state index in [1.54, 1.807) is 6.20 Å². The fourth-order valence-electron chi connectivity index (χ4n) is 2.42. The highest BCUT2D eigenvalue weighted by atomic mass is 16.5. The molecule has 0 spiro atoms. The van der Waals surface area contributed by atoms with Crippen molar-refractivity contribution in [3.05, 3.63) is 18.1 Å². The van der Waals surface area contributed by atoms with E-state index in [1.807, 2.05) is 6.20 Å². The van der Waals surface area contributed by atoms with Gasteiger partial charge < -0.3 is 30.4 Å². The lowest BCUT2D eigenvalue weighted by atomic mass is 10.1. The molecule has 1 atom stereocenters. The molecule has 4 N–H and O–H groups in total. The van der Waals surface area contributed by atoms with Gasteiger partial charge in [0.05, 0.1) is 44.4 Å². The number of aryl methyl sites for hydroxylation is 1. The SMILES string of the molecule is CO.NCCOCCOCCCc1cncc(NC2CCCOC2)n1. The first-order valence-corrected chi connectivity index (χ1v) is 8.84. The predicted octanol–water partition coefficient (Wildman–Crippen LogP) is 0.601. The maximum atomic E-state index is 7.00. The van der Waals surface area contributed by atoms with Crippen LogP contribution in [-0.2, 0) is 20.6 Å². The first kappa shape index (κ1) is 21.7. The smallest absolute Gasteiger partial charge is 0.145 e. The molecule has 0 amide bonds. The number of nitrogens with two attached hydrogens (primary N) is 1. The predicted molar refractivity (Wildman–Crippen MR) is 96.7 cm³/mol. The zero-order valence-electron chi connectivity index (χ0n) is 15.2. The normalized spacial score (nSPS) is 16.8. The summed E-state index contributed by atoms with van der Waals surface area (Å²) in [6.45, 7) is 4.64. The van der Waals surface area contributed by atoms with Crippen LogP contribution in [0.15, 0.2) is 12.4 Å². The molecule has 1 unspecified atom stereocenters. The second-order valence-corrected chi connectivity index (χ2v) is 5.57. The summed E-state index contributed by atoms with van der Waals surface area (Å²) in [5, 5.41) is 10.4. The Morgan fingerprint density at radius 3 is 2.76 bits per heavy atom. The van der Waals surface area contributed by atoms with Crippen LogP contribution < -0.4 is 11.1 Å². The van der Waals surface area contributed by atoms with Gasteiger partial charge in [-0.25, -0.2) is 4.98 Å². The van der Waals surface area contributed by atoms with Gasteiger partial charge in [-0.3, -0.25) is 4.98 Å². The van der Waals surface area contributed by atoms with Gasteiger partial charge >= 0.3 is 0 Å². The molecule has 2 heterocycles. The lowest BCUT2D eigenvalue weighted by Gasteiger charge is -2.23. The first-order valence-electron chi connectivity index (χ1n) is 8.84. The zero-order chi connectivity index (χ0) is 18.2. The van der Waals surface area contributed by atoms with Gasteiger partial charge in [0, 0.05) is 33.1 Å². The summed E-state index contributed by atoms with van der Waals surface area (Å²) >= 11 is 0. The zero-order valence-corrected chi connectivity index (χ0v) is 15.2. The molecule has 25 heavy (non-hydrogen) atoms. The van der Waals surface area contributed by atoms with Crippen LogP contribution in [-0.4, -0.2) is 74.4 Å². The van der Waals surface area contributed by atoms with Crippen LogP contribution in [0, 0.1) is 0 Å². The molecule has 1 aliphatic heterocycles. The number of rotatable bonds is 11. The molecule has 1 saturated heterocycles. The summed E-state index contributed by atoms with van der Waals surface area (Å²) in [6, 6.07) is 0.338. The Morgan fingerprint density at radius 2 is 2.04 bits per heavy atom. The monoisotopic (exact) mass is 356 g/mol. The topological polar surface area (TPSA) is 112 Å². The number of aliphatic hydroxyl groups excluding tert-OH is 1. The second-order valence-electron chi connectivity index (χ2n) is 5.57. The minimum atomic E-state index is 0.338. The van der Waals surface area contributed by atoms with Crippen LogP contribution in [0.2, 0.25) is 0 Å². The van der Waals surface area contributed by atoms with E-state index >= 15 is 0 Å². The Hall–Kier alpha value is -1.32. The van der Waals surface area contributed by atoms with Crippen molar-refractivity contribution in [3.8, 4) is 0 Å². The van der Waals surface area contributed by atoms with Crippen LogP contribution in [0.5, 0.6) is 0 Å². The third kappa shape index (κ3) is 10.3. The van der Waals surface area contributed by atoms with Crippen LogP contribution >= 0.6 is 0 Å². The number of nitrogens with one attached hydrogen (secondary N) is 1. The fourth-order valence-corrected chi connectivity index (χ4v) is 2.42. The average Bonchev–Trinajstić information content (AvgIpc) is 2.67. The minimum absolute atomic E-state index is 0.338. The van der Waals surface area contributed by atoms with E-state index in [4.69, 9.17) is 25.1 Å². The highest BCUT2D eigenvalue weighted by Gasteiger charge is 2.14. The molecule has 1 aromatic heterocycles. The van der Waals surface area contributed by atoms with Crippen LogP contribution in [0.1, 0.15) is 25.0 Å². The molecule has 1 aromatic rings. The molecule has 0 bridgehead atoms. The van der Waals surface area contributed by atoms with Crippen molar-refractivity contribution in [3.63, 3.8) is 0 Å². The Labute approximate surface area is 150 Å². The Kier molecular flexibility index (Phi) is 13.0. The lowest BCUT2D eigenvalue weighted by Crippen LogP contribution is -2.30. The molecule has 0 aromatic carbocycles. The number of aromatic nitrogens is 2. The van der Waals surface area contributed by atoms with E-state index in [1.165, 1.54) is 0 Å². The quantitative estimate of drug-likeness (QED) is 0.494. The Balaban J connectivity index is 0.00000151. The van der Waals surface area contributed by atoms with Gasteiger partial charge in [-0.15, -0.1) is 0 Å². The summed E-state index contributed by atoms with van der Waals surface area (Å²) in [7, 11) is 1.00. The third-order valence-electron chi connectivity index (χ3n) is 3.55. The van der Waals surface area contributed by atoms with Gasteiger partial charge in [-0.2, -0.15) is 0 Å². The summed E-state index contributed by atoms with van der Waals surface area (Å²) < 4.78 is 16.2. The van der Waals surface area contributed by atoms with Gasteiger partial charge in [0.15, 0.2) is 0 Å². The molecular formula is C17H32N4O4. The van der Waals surface area contributed by atoms with Gasteiger partial charge in [0.25, 0.3) is 0 Å². The van der Waals surface area contributed by atoms with Crippen molar-refractivity contribution in [1.82, 2.24) is 9.97 Å². The number of nitrogens with zero attached hydrogens (tertiary/aromatic N) is 2. The van der Waals surface area contributed by atoms with Crippen molar-refractivity contribution in [2.45, 2.75) is 31.7 Å².